The van der Waals surface area contributed by atoms with Crippen LogP contribution in [0.1, 0.15) is 20.7 Å². The van der Waals surface area contributed by atoms with Gasteiger partial charge >= 0.3 is 0 Å². The van der Waals surface area contributed by atoms with Crippen LogP contribution in [0.25, 0.3) is 10.8 Å². The molecule has 2 N–H and O–H groups in total. The van der Waals surface area contributed by atoms with Gasteiger partial charge in [0, 0.05) is 11.1 Å². The number of benzene rings is 2. The lowest BCUT2D eigenvalue weighted by Gasteiger charge is -2.14. The molecule has 19 heavy (non-hydrogen) atoms. The van der Waals surface area contributed by atoms with E-state index in [0.717, 1.165) is 10.8 Å². The average molecular weight is 277 g/mol. The van der Waals surface area contributed by atoms with E-state index in [-0.39, 0.29) is 23.5 Å². The van der Waals surface area contributed by atoms with E-state index in [1.54, 1.807) is 12.1 Å². The first-order chi connectivity index (χ1) is 8.59. The highest BCUT2D eigenvalue weighted by Crippen LogP contribution is 2.28. The number of halogens is 1. The molecule has 0 amide bonds. The maximum Gasteiger partial charge on any atom is 0.232 e. The summed E-state index contributed by atoms with van der Waals surface area (Å²) in [4.78, 5) is 23.6. The van der Waals surface area contributed by atoms with E-state index >= 15 is 0 Å². The summed E-state index contributed by atoms with van der Waals surface area (Å²) < 4.78 is 0. The number of rotatable bonds is 0. The number of aliphatic hydroxyl groups is 2. The second-order valence-electron chi connectivity index (χ2n) is 4.10. The Balaban J connectivity index is 0.00000133. The van der Waals surface area contributed by atoms with Crippen LogP contribution in [-0.2, 0) is 0 Å². The molecule has 4 nitrogen and oxygen atoms in total. The molecule has 0 aliphatic heterocycles. The maximum atomic E-state index is 11.8. The fourth-order valence-corrected chi connectivity index (χ4v) is 2.09. The van der Waals surface area contributed by atoms with Crippen molar-refractivity contribution in [2.75, 3.05) is 0 Å². The van der Waals surface area contributed by atoms with Crippen LogP contribution in [0.15, 0.2) is 47.9 Å². The topological polar surface area (TPSA) is 74.6 Å². The predicted molar refractivity (Wildman–Crippen MR) is 72.1 cm³/mol. The van der Waals surface area contributed by atoms with Gasteiger partial charge in [-0.15, -0.1) is 12.4 Å². The molecule has 0 saturated carbocycles. The van der Waals surface area contributed by atoms with E-state index in [1.807, 2.05) is 24.3 Å². The van der Waals surface area contributed by atoms with Gasteiger partial charge in [0.1, 0.15) is 0 Å². The molecular weight excluding hydrogens is 268 g/mol. The fourth-order valence-electron chi connectivity index (χ4n) is 2.09. The van der Waals surface area contributed by atoms with Crippen LogP contribution in [0.2, 0.25) is 0 Å². The molecule has 96 valence electrons. The van der Waals surface area contributed by atoms with E-state index in [1.165, 1.54) is 0 Å². The van der Waals surface area contributed by atoms with Crippen molar-refractivity contribution in [2.24, 2.45) is 0 Å². The van der Waals surface area contributed by atoms with Crippen molar-refractivity contribution in [1.29, 1.82) is 0 Å². The van der Waals surface area contributed by atoms with Gasteiger partial charge in [-0.25, -0.2) is 0 Å². The number of Topliss-reactive ketones (excluding diaryl/α,β-unsaturated/α-hetero) is 2. The van der Waals surface area contributed by atoms with Gasteiger partial charge in [-0.1, -0.05) is 24.3 Å². The third-order valence-corrected chi connectivity index (χ3v) is 3.03. The Kier molecular flexibility index (Phi) is 3.04. The van der Waals surface area contributed by atoms with Gasteiger partial charge in [-0.2, -0.15) is 0 Å². The van der Waals surface area contributed by atoms with Crippen LogP contribution in [0.3, 0.4) is 0 Å². The molecule has 0 unspecified atom stereocenters. The number of carbonyl (C=O) groups is 2. The third kappa shape index (κ3) is 1.77. The first-order valence-electron chi connectivity index (χ1n) is 5.34. The standard InChI is InChI=1S/C14H8O4.ClH/c15-11-9-5-7-3-1-2-4-8(7)6-10(9)12(16)14(18)13(11)17;/h1-6,17-18H;1H. The smallest absolute Gasteiger partial charge is 0.232 e. The van der Waals surface area contributed by atoms with Crippen molar-refractivity contribution in [3.05, 3.63) is 59.0 Å². The molecule has 3 rings (SSSR count). The van der Waals surface area contributed by atoms with Gasteiger partial charge in [-0.05, 0) is 22.9 Å². The summed E-state index contributed by atoms with van der Waals surface area (Å²) in [6.45, 7) is 0. The van der Waals surface area contributed by atoms with Crippen LogP contribution < -0.4 is 0 Å². The van der Waals surface area contributed by atoms with E-state index in [4.69, 9.17) is 0 Å². The zero-order chi connectivity index (χ0) is 12.9. The molecule has 0 atom stereocenters. The molecule has 0 aromatic heterocycles. The van der Waals surface area contributed by atoms with Crippen LogP contribution in [0.5, 0.6) is 0 Å². The van der Waals surface area contributed by atoms with Crippen molar-refractivity contribution in [3.63, 3.8) is 0 Å². The Morgan fingerprint density at radius 2 is 1.11 bits per heavy atom. The quantitative estimate of drug-likeness (QED) is 0.776. The normalized spacial score (nSPS) is 14.3. The summed E-state index contributed by atoms with van der Waals surface area (Å²) in [5.74, 6) is -3.23. The van der Waals surface area contributed by atoms with E-state index < -0.39 is 23.1 Å². The number of carbonyl (C=O) groups excluding carboxylic acids is 2. The van der Waals surface area contributed by atoms with Crippen molar-refractivity contribution >= 4 is 34.7 Å². The van der Waals surface area contributed by atoms with Crippen LogP contribution in [0, 0.1) is 0 Å². The van der Waals surface area contributed by atoms with Crippen molar-refractivity contribution in [3.8, 4) is 0 Å². The Morgan fingerprint density at radius 3 is 1.47 bits per heavy atom. The molecule has 0 spiro atoms. The highest BCUT2D eigenvalue weighted by molar-refractivity contribution is 6.26. The summed E-state index contributed by atoms with van der Waals surface area (Å²) in [5, 5.41) is 20.4. The molecule has 0 bridgehead atoms. The molecule has 0 saturated heterocycles. The Bertz CT molecular complexity index is 684. The molecule has 0 heterocycles. The van der Waals surface area contributed by atoms with Gasteiger partial charge in [-0.3, -0.25) is 9.59 Å². The lowest BCUT2D eigenvalue weighted by Crippen LogP contribution is -2.21. The molecule has 0 radical (unpaired) electrons. The molecule has 1 aliphatic rings. The number of aliphatic hydroxyl groups excluding tert-OH is 2. The first-order valence-corrected chi connectivity index (χ1v) is 5.34. The van der Waals surface area contributed by atoms with Gasteiger partial charge in [0.05, 0.1) is 0 Å². The number of hydrogen-bond donors (Lipinski definition) is 2. The van der Waals surface area contributed by atoms with Crippen molar-refractivity contribution in [2.45, 2.75) is 0 Å². The lowest BCUT2D eigenvalue weighted by atomic mass is 9.90. The first kappa shape index (κ1) is 13.1. The second kappa shape index (κ2) is 4.40. The highest BCUT2D eigenvalue weighted by atomic mass is 35.5. The maximum absolute atomic E-state index is 11.8. The predicted octanol–water partition coefficient (Wildman–Crippen LogP) is 2.97. The minimum Gasteiger partial charge on any atom is -0.501 e. The van der Waals surface area contributed by atoms with Gasteiger partial charge in [0.25, 0.3) is 0 Å². The van der Waals surface area contributed by atoms with E-state index in [2.05, 4.69) is 0 Å². The summed E-state index contributed by atoms with van der Waals surface area (Å²) in [5.41, 5.74) is 0.239. The zero-order valence-electron chi connectivity index (χ0n) is 9.58. The fraction of sp³-hybridized carbons (Fsp3) is 0. The van der Waals surface area contributed by atoms with Gasteiger partial charge < -0.3 is 10.2 Å². The number of hydrogen-bond acceptors (Lipinski definition) is 4. The second-order valence-corrected chi connectivity index (χ2v) is 4.10. The number of allylic oxidation sites excluding steroid dienone is 2. The molecule has 5 heteroatoms. The van der Waals surface area contributed by atoms with Crippen LogP contribution >= 0.6 is 12.4 Å². The molecule has 0 fully saturated rings. The summed E-state index contributed by atoms with van der Waals surface area (Å²) in [6, 6.07) is 10.3. The summed E-state index contributed by atoms with van der Waals surface area (Å²) in [7, 11) is 0. The Morgan fingerprint density at radius 1 is 0.737 bits per heavy atom. The highest BCUT2D eigenvalue weighted by Gasteiger charge is 2.32. The Labute approximate surface area is 114 Å². The molecular formula is C14H9ClO4. The van der Waals surface area contributed by atoms with E-state index in [9.17, 15) is 19.8 Å². The third-order valence-electron chi connectivity index (χ3n) is 3.03. The van der Waals surface area contributed by atoms with Crippen LogP contribution in [0.4, 0.5) is 0 Å². The number of ketones is 2. The van der Waals surface area contributed by atoms with Gasteiger partial charge in [0.2, 0.25) is 23.1 Å². The summed E-state index contributed by atoms with van der Waals surface area (Å²) >= 11 is 0. The molecule has 1 aliphatic carbocycles. The minimum absolute atomic E-state index is 0. The molecule has 2 aromatic carbocycles. The minimum atomic E-state index is -0.886. The Hall–Kier alpha value is -2.33. The van der Waals surface area contributed by atoms with E-state index in [0.29, 0.717) is 0 Å². The van der Waals surface area contributed by atoms with Gasteiger partial charge in [0.15, 0.2) is 0 Å². The largest absolute Gasteiger partial charge is 0.501 e. The van der Waals surface area contributed by atoms with Crippen molar-refractivity contribution < 1.29 is 19.8 Å². The van der Waals surface area contributed by atoms with Crippen LogP contribution in [-0.4, -0.2) is 21.8 Å². The monoisotopic (exact) mass is 276 g/mol. The van der Waals surface area contributed by atoms with Crippen molar-refractivity contribution in [1.82, 2.24) is 0 Å². The zero-order valence-corrected chi connectivity index (χ0v) is 10.4. The number of fused-ring (bicyclic) bond motifs is 2. The average Bonchev–Trinajstić information content (AvgIpc) is 2.41. The molecule has 2 aromatic rings. The SMILES string of the molecule is Cl.O=C1C(O)=C(O)C(=O)c2cc3ccccc3cc21. The summed E-state index contributed by atoms with van der Waals surface area (Å²) in [6.07, 6.45) is 0. The lowest BCUT2D eigenvalue weighted by molar-refractivity contribution is 0.0881.